The third-order valence-electron chi connectivity index (χ3n) is 4.04. The third-order valence-corrected chi connectivity index (χ3v) is 4.04. The van der Waals surface area contributed by atoms with E-state index in [1.165, 1.54) is 12.0 Å². The largest absolute Gasteiger partial charge is 0.399 e. The lowest BCUT2D eigenvalue weighted by Crippen LogP contribution is -2.09. The van der Waals surface area contributed by atoms with Crippen LogP contribution < -0.4 is 22.1 Å². The molecular formula is C19H28N4O. The van der Waals surface area contributed by atoms with Crippen molar-refractivity contribution < 1.29 is 4.74 Å². The van der Waals surface area contributed by atoms with Gasteiger partial charge >= 0.3 is 0 Å². The first-order chi connectivity index (χ1) is 11.7. The second-order valence-electron chi connectivity index (χ2n) is 5.86. The minimum Gasteiger partial charge on any atom is -0.399 e. The number of benzene rings is 2. The van der Waals surface area contributed by atoms with Gasteiger partial charge in [-0.05, 0) is 54.8 Å². The predicted molar refractivity (Wildman–Crippen MR) is 102 cm³/mol. The molecule has 2 aromatic carbocycles. The highest BCUT2D eigenvalue weighted by molar-refractivity contribution is 5.51. The van der Waals surface area contributed by atoms with E-state index in [0.29, 0.717) is 12.5 Å². The van der Waals surface area contributed by atoms with Gasteiger partial charge in [0.05, 0.1) is 6.61 Å². The molecular weight excluding hydrogens is 300 g/mol. The van der Waals surface area contributed by atoms with Crippen LogP contribution in [0.3, 0.4) is 0 Å². The first-order valence-corrected chi connectivity index (χ1v) is 8.34. The van der Waals surface area contributed by atoms with Crippen molar-refractivity contribution in [1.29, 1.82) is 0 Å². The second-order valence-corrected chi connectivity index (χ2v) is 5.86. The molecule has 1 fully saturated rings. The van der Waals surface area contributed by atoms with Gasteiger partial charge in [0, 0.05) is 37.3 Å². The summed E-state index contributed by atoms with van der Waals surface area (Å²) in [6.45, 7) is 3.73. The molecule has 1 unspecified atom stereocenters. The zero-order valence-corrected chi connectivity index (χ0v) is 14.3. The predicted octanol–water partition coefficient (Wildman–Crippen LogP) is 2.67. The van der Waals surface area contributed by atoms with Gasteiger partial charge in [-0.15, -0.1) is 0 Å². The lowest BCUT2D eigenvalue weighted by atomic mass is 9.97. The van der Waals surface area contributed by atoms with Crippen LogP contribution in [0, 0.1) is 0 Å². The lowest BCUT2D eigenvalue weighted by molar-refractivity contribution is 0.211. The topological polar surface area (TPSA) is 85.3 Å². The maximum Gasteiger partial charge on any atom is 0.0635 e. The number of rotatable bonds is 5. The molecule has 24 heavy (non-hydrogen) atoms. The molecule has 6 N–H and O–H groups in total. The van der Waals surface area contributed by atoms with Gasteiger partial charge in [0.2, 0.25) is 0 Å². The highest BCUT2D eigenvalue weighted by Gasteiger charge is 2.17. The molecule has 5 nitrogen and oxygen atoms in total. The number of hydrogen-bond acceptors (Lipinski definition) is 5. The molecule has 1 aliphatic heterocycles. The Morgan fingerprint density at radius 1 is 1.12 bits per heavy atom. The number of para-hydroxylation sites is 1. The Hall–Kier alpha value is -2.24. The van der Waals surface area contributed by atoms with Crippen LogP contribution in [0.2, 0.25) is 0 Å². The van der Waals surface area contributed by atoms with Crippen molar-refractivity contribution in [2.45, 2.75) is 12.3 Å². The third kappa shape index (κ3) is 5.76. The van der Waals surface area contributed by atoms with Crippen LogP contribution in [-0.2, 0) is 4.74 Å². The van der Waals surface area contributed by atoms with Gasteiger partial charge in [0.25, 0.3) is 0 Å². The molecule has 130 valence electrons. The van der Waals surface area contributed by atoms with E-state index in [2.05, 4.69) is 22.8 Å². The van der Waals surface area contributed by atoms with Crippen LogP contribution in [-0.4, -0.2) is 33.4 Å². The molecule has 1 saturated heterocycles. The smallest absolute Gasteiger partial charge is 0.0635 e. The Morgan fingerprint density at radius 2 is 1.88 bits per heavy atom. The first kappa shape index (κ1) is 18.1. The van der Waals surface area contributed by atoms with Crippen LogP contribution in [0.5, 0.6) is 0 Å². The monoisotopic (exact) mass is 328 g/mol. The molecule has 0 amide bonds. The summed E-state index contributed by atoms with van der Waals surface area (Å²) < 4.78 is 4.90. The molecule has 5 heteroatoms. The number of nitrogens with two attached hydrogens (primary N) is 2. The fourth-order valence-corrected chi connectivity index (χ4v) is 2.70. The fourth-order valence-electron chi connectivity index (χ4n) is 2.70. The number of ether oxygens (including phenoxy) is 1. The van der Waals surface area contributed by atoms with Crippen molar-refractivity contribution in [1.82, 2.24) is 5.32 Å². The van der Waals surface area contributed by atoms with Crippen molar-refractivity contribution in [3.05, 3.63) is 54.1 Å². The average molecular weight is 328 g/mol. The Bertz CT molecular complexity index is 595. The average Bonchev–Trinajstić information content (AvgIpc) is 3.12. The molecule has 1 atom stereocenters. The molecule has 1 heterocycles. The number of anilines is 3. The Kier molecular flexibility index (Phi) is 7.39. The van der Waals surface area contributed by atoms with E-state index in [1.54, 1.807) is 7.11 Å². The zero-order valence-electron chi connectivity index (χ0n) is 14.3. The number of methoxy groups -OCH3 is 1. The minimum atomic E-state index is 0.631. The first-order valence-electron chi connectivity index (χ1n) is 8.34. The number of nitrogen functional groups attached to an aromatic ring is 2. The van der Waals surface area contributed by atoms with Crippen molar-refractivity contribution in [3.63, 3.8) is 0 Å². The van der Waals surface area contributed by atoms with Crippen LogP contribution in [0.15, 0.2) is 48.5 Å². The summed E-state index contributed by atoms with van der Waals surface area (Å²) in [5.74, 6) is 0.631. The summed E-state index contributed by atoms with van der Waals surface area (Å²) in [4.78, 5) is 0. The molecule has 0 aliphatic carbocycles. The summed E-state index contributed by atoms with van der Waals surface area (Å²) in [7, 11) is 1.69. The minimum absolute atomic E-state index is 0.631. The summed E-state index contributed by atoms with van der Waals surface area (Å²) in [6.07, 6.45) is 1.22. The number of nitrogens with one attached hydrogen (secondary N) is 2. The molecule has 0 saturated carbocycles. The van der Waals surface area contributed by atoms with E-state index in [0.717, 1.165) is 36.7 Å². The van der Waals surface area contributed by atoms with E-state index in [-0.39, 0.29) is 0 Å². The van der Waals surface area contributed by atoms with Gasteiger partial charge in [0.1, 0.15) is 0 Å². The highest BCUT2D eigenvalue weighted by Crippen LogP contribution is 2.26. The summed E-state index contributed by atoms with van der Waals surface area (Å²) in [6, 6.07) is 15.8. The van der Waals surface area contributed by atoms with E-state index in [4.69, 9.17) is 16.2 Å². The standard InChI is InChI=1S/C10H14N2.C9H14N2O/c11-10-4-2-1-3-9(10)8-5-6-12-7-8;1-12-7-6-11-9-4-2-8(10)3-5-9/h1-4,8,12H,5-7,11H2;2-5,11H,6-7,10H2,1H3. The van der Waals surface area contributed by atoms with Gasteiger partial charge in [-0.1, -0.05) is 18.2 Å². The molecule has 0 spiro atoms. The Labute approximate surface area is 144 Å². The summed E-state index contributed by atoms with van der Waals surface area (Å²) in [5.41, 5.74) is 15.5. The molecule has 3 rings (SSSR count). The van der Waals surface area contributed by atoms with Crippen molar-refractivity contribution in [2.75, 3.05) is 50.1 Å². The fraction of sp³-hybridized carbons (Fsp3) is 0.368. The van der Waals surface area contributed by atoms with E-state index in [9.17, 15) is 0 Å². The normalized spacial score (nSPS) is 16.3. The van der Waals surface area contributed by atoms with Crippen molar-refractivity contribution in [3.8, 4) is 0 Å². The van der Waals surface area contributed by atoms with Gasteiger partial charge in [-0.3, -0.25) is 0 Å². The SMILES string of the molecule is COCCNc1ccc(N)cc1.Nc1ccccc1C1CCNC1. The molecule has 1 aliphatic rings. The van der Waals surface area contributed by atoms with E-state index >= 15 is 0 Å². The zero-order chi connectivity index (χ0) is 17.2. The van der Waals surface area contributed by atoms with Crippen molar-refractivity contribution in [2.24, 2.45) is 0 Å². The summed E-state index contributed by atoms with van der Waals surface area (Å²) in [5, 5.41) is 6.53. The van der Waals surface area contributed by atoms with Crippen LogP contribution in [0.25, 0.3) is 0 Å². The van der Waals surface area contributed by atoms with E-state index in [1.807, 2.05) is 36.4 Å². The summed E-state index contributed by atoms with van der Waals surface area (Å²) >= 11 is 0. The quantitative estimate of drug-likeness (QED) is 0.501. The molecule has 0 radical (unpaired) electrons. The molecule has 2 aromatic rings. The maximum atomic E-state index is 5.87. The number of hydrogen-bond donors (Lipinski definition) is 4. The lowest BCUT2D eigenvalue weighted by Gasteiger charge is -2.10. The Balaban J connectivity index is 0.000000174. The maximum absolute atomic E-state index is 5.87. The van der Waals surface area contributed by atoms with Gasteiger partial charge in [-0.2, -0.15) is 0 Å². The second kappa shape index (κ2) is 9.80. The van der Waals surface area contributed by atoms with Gasteiger partial charge in [-0.25, -0.2) is 0 Å². The molecule has 0 bridgehead atoms. The van der Waals surface area contributed by atoms with Crippen LogP contribution in [0.1, 0.15) is 17.9 Å². The van der Waals surface area contributed by atoms with Crippen LogP contribution in [0.4, 0.5) is 17.1 Å². The molecule has 0 aromatic heterocycles. The van der Waals surface area contributed by atoms with Crippen LogP contribution >= 0.6 is 0 Å². The van der Waals surface area contributed by atoms with Gasteiger partial charge < -0.3 is 26.8 Å². The van der Waals surface area contributed by atoms with Gasteiger partial charge in [0.15, 0.2) is 0 Å². The van der Waals surface area contributed by atoms with Crippen molar-refractivity contribution >= 4 is 17.1 Å². The highest BCUT2D eigenvalue weighted by atomic mass is 16.5. The van der Waals surface area contributed by atoms with E-state index < -0.39 is 0 Å². The Morgan fingerprint density at radius 3 is 2.50 bits per heavy atom.